The third-order valence-corrected chi connectivity index (χ3v) is 4.20. The van der Waals surface area contributed by atoms with E-state index in [1.807, 2.05) is 20.1 Å². The summed E-state index contributed by atoms with van der Waals surface area (Å²) in [6.07, 6.45) is 2.40. The van der Waals surface area contributed by atoms with Gasteiger partial charge in [-0.2, -0.15) is 11.8 Å². The van der Waals surface area contributed by atoms with E-state index in [9.17, 15) is 14.0 Å². The van der Waals surface area contributed by atoms with Gasteiger partial charge in [-0.05, 0) is 30.1 Å². The fourth-order valence-electron chi connectivity index (χ4n) is 2.21. The molecule has 0 aliphatic heterocycles. The number of nitrogens with two attached hydrogens (primary N) is 1. The molecule has 3 amide bonds. The summed E-state index contributed by atoms with van der Waals surface area (Å²) in [5.41, 5.74) is 5.07. The largest absolute Gasteiger partial charge is 0.353 e. The Labute approximate surface area is 140 Å². The van der Waals surface area contributed by atoms with Crippen molar-refractivity contribution in [1.29, 1.82) is 0 Å². The van der Waals surface area contributed by atoms with Gasteiger partial charge >= 0.3 is 6.03 Å². The maximum atomic E-state index is 13.9. The number of rotatable bonds is 8. The molecule has 1 atom stereocenters. The van der Waals surface area contributed by atoms with Crippen LogP contribution in [0.3, 0.4) is 0 Å². The third-order valence-electron chi connectivity index (χ3n) is 3.55. The molecule has 0 fully saturated rings. The number of halogens is 1. The molecule has 0 radical (unpaired) electrons. The number of carbonyl (C=O) groups is 2. The highest BCUT2D eigenvalue weighted by atomic mass is 32.2. The van der Waals surface area contributed by atoms with Crippen molar-refractivity contribution in [3.05, 3.63) is 35.6 Å². The molecule has 1 aromatic carbocycles. The highest BCUT2D eigenvalue weighted by Crippen LogP contribution is 2.24. The molecule has 0 aliphatic rings. The first kappa shape index (κ1) is 19.3. The SMILES string of the molecule is CSCC[C@@H](NC(N)=O)C(=O)NCC(C)(C)c1ccccc1F. The van der Waals surface area contributed by atoms with E-state index >= 15 is 0 Å². The topological polar surface area (TPSA) is 84.2 Å². The molecule has 0 aliphatic carbocycles. The van der Waals surface area contributed by atoms with Gasteiger partial charge in [0, 0.05) is 12.0 Å². The number of thioether (sulfide) groups is 1. The molecule has 1 aromatic rings. The van der Waals surface area contributed by atoms with Crippen LogP contribution in [0.5, 0.6) is 0 Å². The first-order chi connectivity index (χ1) is 10.8. The van der Waals surface area contributed by atoms with Crippen molar-refractivity contribution in [1.82, 2.24) is 10.6 Å². The molecule has 0 aromatic heterocycles. The minimum Gasteiger partial charge on any atom is -0.353 e. The molecule has 0 spiro atoms. The number of amides is 3. The first-order valence-electron chi connectivity index (χ1n) is 7.35. The number of carbonyl (C=O) groups excluding carboxylic acids is 2. The van der Waals surface area contributed by atoms with E-state index in [1.165, 1.54) is 6.07 Å². The lowest BCUT2D eigenvalue weighted by Crippen LogP contribution is -2.50. The molecule has 1 rings (SSSR count). The van der Waals surface area contributed by atoms with Gasteiger partial charge in [0.05, 0.1) is 0 Å². The average molecular weight is 341 g/mol. The number of benzene rings is 1. The molecule has 128 valence electrons. The highest BCUT2D eigenvalue weighted by molar-refractivity contribution is 7.98. The first-order valence-corrected chi connectivity index (χ1v) is 8.75. The molecule has 0 unspecified atom stereocenters. The second-order valence-corrected chi connectivity index (χ2v) is 6.91. The lowest BCUT2D eigenvalue weighted by atomic mass is 9.84. The van der Waals surface area contributed by atoms with Crippen LogP contribution in [0, 0.1) is 5.82 Å². The van der Waals surface area contributed by atoms with Gasteiger partial charge in [0.25, 0.3) is 0 Å². The summed E-state index contributed by atoms with van der Waals surface area (Å²) in [4.78, 5) is 23.3. The summed E-state index contributed by atoms with van der Waals surface area (Å²) in [5, 5.41) is 5.22. The Morgan fingerprint density at radius 3 is 2.57 bits per heavy atom. The van der Waals surface area contributed by atoms with E-state index in [1.54, 1.807) is 30.0 Å². The third kappa shape index (κ3) is 6.09. The molecule has 0 saturated carbocycles. The summed E-state index contributed by atoms with van der Waals surface area (Å²) >= 11 is 1.58. The summed E-state index contributed by atoms with van der Waals surface area (Å²) < 4.78 is 13.9. The second-order valence-electron chi connectivity index (χ2n) is 5.92. The lowest BCUT2D eigenvalue weighted by Gasteiger charge is -2.27. The van der Waals surface area contributed by atoms with Crippen LogP contribution < -0.4 is 16.4 Å². The van der Waals surface area contributed by atoms with E-state index in [0.29, 0.717) is 12.0 Å². The van der Waals surface area contributed by atoms with Crippen LogP contribution >= 0.6 is 11.8 Å². The van der Waals surface area contributed by atoms with Crippen molar-refractivity contribution in [2.75, 3.05) is 18.6 Å². The number of nitrogens with one attached hydrogen (secondary N) is 2. The Hall–Kier alpha value is -1.76. The quantitative estimate of drug-likeness (QED) is 0.676. The van der Waals surface area contributed by atoms with Crippen molar-refractivity contribution in [2.24, 2.45) is 5.73 Å². The number of primary amides is 1. The Kier molecular flexibility index (Phi) is 7.35. The highest BCUT2D eigenvalue weighted by Gasteiger charge is 2.26. The van der Waals surface area contributed by atoms with Crippen LogP contribution in [-0.2, 0) is 10.2 Å². The summed E-state index contributed by atoms with van der Waals surface area (Å²) in [7, 11) is 0. The van der Waals surface area contributed by atoms with E-state index < -0.39 is 17.5 Å². The smallest absolute Gasteiger partial charge is 0.312 e. The van der Waals surface area contributed by atoms with E-state index in [2.05, 4.69) is 10.6 Å². The van der Waals surface area contributed by atoms with E-state index in [4.69, 9.17) is 5.73 Å². The van der Waals surface area contributed by atoms with Crippen LogP contribution in [0.15, 0.2) is 24.3 Å². The molecule has 0 heterocycles. The van der Waals surface area contributed by atoms with Crippen LogP contribution in [-0.4, -0.2) is 36.5 Å². The van der Waals surface area contributed by atoms with Gasteiger partial charge < -0.3 is 16.4 Å². The van der Waals surface area contributed by atoms with Gasteiger partial charge in [-0.15, -0.1) is 0 Å². The fourth-order valence-corrected chi connectivity index (χ4v) is 2.68. The maximum Gasteiger partial charge on any atom is 0.312 e. The Morgan fingerprint density at radius 2 is 2.00 bits per heavy atom. The van der Waals surface area contributed by atoms with Gasteiger partial charge in [-0.1, -0.05) is 32.0 Å². The van der Waals surface area contributed by atoms with Crippen molar-refractivity contribution in [3.8, 4) is 0 Å². The predicted molar refractivity (Wildman–Crippen MR) is 91.9 cm³/mol. The van der Waals surface area contributed by atoms with Crippen LogP contribution in [0.25, 0.3) is 0 Å². The molecule has 23 heavy (non-hydrogen) atoms. The Balaban J connectivity index is 2.71. The van der Waals surface area contributed by atoms with Crippen molar-refractivity contribution >= 4 is 23.7 Å². The van der Waals surface area contributed by atoms with Crippen LogP contribution in [0.4, 0.5) is 9.18 Å². The van der Waals surface area contributed by atoms with Gasteiger partial charge in [0.15, 0.2) is 0 Å². The number of hydrogen-bond acceptors (Lipinski definition) is 3. The molecular weight excluding hydrogens is 317 g/mol. The maximum absolute atomic E-state index is 13.9. The monoisotopic (exact) mass is 341 g/mol. The molecule has 0 saturated heterocycles. The van der Waals surface area contributed by atoms with Crippen LogP contribution in [0.1, 0.15) is 25.8 Å². The van der Waals surface area contributed by atoms with Gasteiger partial charge in [0.2, 0.25) is 5.91 Å². The van der Waals surface area contributed by atoms with Crippen LogP contribution in [0.2, 0.25) is 0 Å². The standard InChI is InChI=1S/C16H24FN3O2S/c1-16(2,11-6-4-5-7-12(11)17)10-19-14(21)13(8-9-23-3)20-15(18)22/h4-7,13H,8-10H2,1-3H3,(H,19,21)(H3,18,20,22)/t13-/m1/s1. The van der Waals surface area contributed by atoms with E-state index in [0.717, 1.165) is 5.75 Å². The fraction of sp³-hybridized carbons (Fsp3) is 0.500. The number of urea groups is 1. The number of hydrogen-bond donors (Lipinski definition) is 3. The predicted octanol–water partition coefficient (Wildman–Crippen LogP) is 2.01. The molecular formula is C16H24FN3O2S. The zero-order valence-corrected chi connectivity index (χ0v) is 14.5. The molecule has 5 nitrogen and oxygen atoms in total. The Bertz CT molecular complexity index is 552. The average Bonchev–Trinajstić information content (AvgIpc) is 2.49. The summed E-state index contributed by atoms with van der Waals surface area (Å²) in [6.45, 7) is 3.96. The lowest BCUT2D eigenvalue weighted by molar-refractivity contribution is -0.123. The minimum absolute atomic E-state index is 0.253. The zero-order chi connectivity index (χ0) is 17.5. The van der Waals surface area contributed by atoms with Gasteiger partial charge in [0.1, 0.15) is 11.9 Å². The Morgan fingerprint density at radius 1 is 1.35 bits per heavy atom. The summed E-state index contributed by atoms with van der Waals surface area (Å²) in [6, 6.07) is 5.07. The minimum atomic E-state index is -0.736. The molecule has 7 heteroatoms. The molecule has 4 N–H and O–H groups in total. The van der Waals surface area contributed by atoms with Crippen molar-refractivity contribution in [2.45, 2.75) is 31.7 Å². The van der Waals surface area contributed by atoms with E-state index in [-0.39, 0.29) is 18.3 Å². The second kappa shape index (κ2) is 8.76. The van der Waals surface area contributed by atoms with Crippen molar-refractivity contribution in [3.63, 3.8) is 0 Å². The van der Waals surface area contributed by atoms with Crippen molar-refractivity contribution < 1.29 is 14.0 Å². The zero-order valence-electron chi connectivity index (χ0n) is 13.7. The summed E-state index contributed by atoms with van der Waals surface area (Å²) in [5.74, 6) is 0.0953. The normalized spacial score (nSPS) is 12.5. The van der Waals surface area contributed by atoms with Gasteiger partial charge in [-0.25, -0.2) is 9.18 Å². The molecule has 0 bridgehead atoms. The van der Waals surface area contributed by atoms with Gasteiger partial charge in [-0.3, -0.25) is 4.79 Å².